The molecule has 0 bridgehead atoms. The lowest BCUT2D eigenvalue weighted by molar-refractivity contribution is 0.513. The van der Waals surface area contributed by atoms with E-state index in [1.54, 1.807) is 0 Å². The molecule has 1 aromatic rings. The zero-order chi connectivity index (χ0) is 9.26. The Hall–Kier alpha value is -1.29. The van der Waals surface area contributed by atoms with Gasteiger partial charge in [0, 0.05) is 12.8 Å². The molecule has 2 rings (SSSR count). The van der Waals surface area contributed by atoms with Crippen LogP contribution in [0.3, 0.4) is 0 Å². The fourth-order valence-corrected chi connectivity index (χ4v) is 2.04. The van der Waals surface area contributed by atoms with Gasteiger partial charge in [0.1, 0.15) is 0 Å². The van der Waals surface area contributed by atoms with Gasteiger partial charge in [0.2, 0.25) is 6.04 Å². The lowest BCUT2D eigenvalue weighted by atomic mass is 9.99. The number of fused-ring (bicyclic) bond motifs is 1. The summed E-state index contributed by atoms with van der Waals surface area (Å²) in [6, 6.07) is 8.72. The second-order valence-corrected chi connectivity index (χ2v) is 3.81. The van der Waals surface area contributed by atoms with E-state index in [0.717, 1.165) is 12.8 Å². The summed E-state index contributed by atoms with van der Waals surface area (Å²) in [6.45, 7) is 9.04. The third-order valence-corrected chi connectivity index (χ3v) is 2.97. The maximum Gasteiger partial charge on any atom is 0.224 e. The zero-order valence-electron chi connectivity index (χ0n) is 7.83. The van der Waals surface area contributed by atoms with Crippen molar-refractivity contribution in [2.24, 2.45) is 5.92 Å². The molecule has 0 spiro atoms. The average molecular weight is 171 g/mol. The highest BCUT2D eigenvalue weighted by molar-refractivity contribution is 5.32. The van der Waals surface area contributed by atoms with Gasteiger partial charge in [0.05, 0.1) is 0 Å². The van der Waals surface area contributed by atoms with Gasteiger partial charge in [-0.3, -0.25) is 0 Å². The lowest BCUT2D eigenvalue weighted by Crippen LogP contribution is -2.13. The van der Waals surface area contributed by atoms with Crippen molar-refractivity contribution < 1.29 is 0 Å². The van der Waals surface area contributed by atoms with Crippen LogP contribution in [-0.4, -0.2) is 6.04 Å². The van der Waals surface area contributed by atoms with E-state index in [1.165, 1.54) is 11.1 Å². The largest absolute Gasteiger partial charge is 0.314 e. The van der Waals surface area contributed by atoms with E-state index in [-0.39, 0.29) is 6.04 Å². The summed E-state index contributed by atoms with van der Waals surface area (Å²) in [5.74, 6) is 0.551. The molecule has 0 aliphatic heterocycles. The minimum absolute atomic E-state index is 0.174. The Balaban J connectivity index is 2.19. The topological polar surface area (TPSA) is 4.36 Å². The molecule has 1 aromatic carbocycles. The first kappa shape index (κ1) is 8.31. The van der Waals surface area contributed by atoms with Crippen molar-refractivity contribution >= 4 is 0 Å². The first-order chi connectivity index (χ1) is 6.31. The summed E-state index contributed by atoms with van der Waals surface area (Å²) < 4.78 is 0. The molecule has 0 radical (unpaired) electrons. The third kappa shape index (κ3) is 1.45. The average Bonchev–Trinajstić information content (AvgIpc) is 2.59. The predicted octanol–water partition coefficient (Wildman–Crippen LogP) is 2.71. The predicted molar refractivity (Wildman–Crippen MR) is 53.4 cm³/mol. The molecule has 0 saturated heterocycles. The smallest absolute Gasteiger partial charge is 0.224 e. The SMILES string of the molecule is [C-]#[N+]C(C)C1Cc2ccccc2C1. The maximum atomic E-state index is 7.01. The number of hydrogen-bond acceptors (Lipinski definition) is 0. The van der Waals surface area contributed by atoms with Gasteiger partial charge in [-0.2, -0.15) is 0 Å². The summed E-state index contributed by atoms with van der Waals surface area (Å²) in [7, 11) is 0. The number of benzene rings is 1. The van der Waals surface area contributed by atoms with Gasteiger partial charge in [-0.05, 0) is 24.0 Å². The van der Waals surface area contributed by atoms with Gasteiger partial charge in [-0.25, -0.2) is 6.57 Å². The van der Waals surface area contributed by atoms with Crippen molar-refractivity contribution in [3.05, 3.63) is 46.8 Å². The van der Waals surface area contributed by atoms with Gasteiger partial charge >= 0.3 is 0 Å². The van der Waals surface area contributed by atoms with Gasteiger partial charge < -0.3 is 4.85 Å². The molecule has 0 saturated carbocycles. The highest BCUT2D eigenvalue weighted by Crippen LogP contribution is 2.29. The highest BCUT2D eigenvalue weighted by atomic mass is 14.7. The fourth-order valence-electron chi connectivity index (χ4n) is 2.04. The van der Waals surface area contributed by atoms with Crippen LogP contribution in [0.1, 0.15) is 18.1 Å². The summed E-state index contributed by atoms with van der Waals surface area (Å²) in [4.78, 5) is 3.60. The van der Waals surface area contributed by atoms with Gasteiger partial charge in [-0.15, -0.1) is 0 Å². The van der Waals surface area contributed by atoms with Crippen molar-refractivity contribution in [2.45, 2.75) is 25.8 Å². The molecule has 0 amide bonds. The number of hydrogen-bond donors (Lipinski definition) is 0. The maximum absolute atomic E-state index is 7.01. The van der Waals surface area contributed by atoms with Crippen molar-refractivity contribution in [1.82, 2.24) is 0 Å². The molecule has 0 fully saturated rings. The van der Waals surface area contributed by atoms with Crippen LogP contribution in [0.5, 0.6) is 0 Å². The van der Waals surface area contributed by atoms with Crippen LogP contribution in [0.25, 0.3) is 4.85 Å². The molecule has 1 atom stereocenters. The van der Waals surface area contributed by atoms with Crippen molar-refractivity contribution in [2.75, 3.05) is 0 Å². The Morgan fingerprint density at radius 3 is 2.31 bits per heavy atom. The molecule has 0 N–H and O–H groups in total. The van der Waals surface area contributed by atoms with Crippen LogP contribution < -0.4 is 0 Å². The minimum atomic E-state index is 0.174. The Morgan fingerprint density at radius 2 is 1.85 bits per heavy atom. The van der Waals surface area contributed by atoms with Gasteiger partial charge in [0.25, 0.3) is 0 Å². The summed E-state index contributed by atoms with van der Waals surface area (Å²) in [5.41, 5.74) is 2.89. The van der Waals surface area contributed by atoms with E-state index in [9.17, 15) is 0 Å². The molecule has 0 heterocycles. The summed E-state index contributed by atoms with van der Waals surface area (Å²) >= 11 is 0. The molecule has 1 nitrogen and oxygen atoms in total. The Kier molecular flexibility index (Phi) is 2.06. The van der Waals surface area contributed by atoms with Crippen molar-refractivity contribution in [1.29, 1.82) is 0 Å². The quantitative estimate of drug-likeness (QED) is 0.572. The lowest BCUT2D eigenvalue weighted by Gasteiger charge is -2.05. The van der Waals surface area contributed by atoms with E-state index in [2.05, 4.69) is 29.1 Å². The van der Waals surface area contributed by atoms with E-state index in [0.29, 0.717) is 5.92 Å². The second kappa shape index (κ2) is 3.22. The second-order valence-electron chi connectivity index (χ2n) is 3.81. The van der Waals surface area contributed by atoms with Crippen molar-refractivity contribution in [3.8, 4) is 0 Å². The van der Waals surface area contributed by atoms with Crippen LogP contribution in [0.4, 0.5) is 0 Å². The fraction of sp³-hybridized carbons (Fsp3) is 0.417. The molecule has 66 valence electrons. The van der Waals surface area contributed by atoms with Crippen LogP contribution >= 0.6 is 0 Å². The Morgan fingerprint density at radius 1 is 1.31 bits per heavy atom. The molecule has 1 aliphatic carbocycles. The molecular weight excluding hydrogens is 158 g/mol. The summed E-state index contributed by atoms with van der Waals surface area (Å²) in [6.07, 6.45) is 2.19. The molecule has 13 heavy (non-hydrogen) atoms. The number of rotatable bonds is 1. The Bertz CT molecular complexity index is 323. The van der Waals surface area contributed by atoms with Crippen LogP contribution in [0.2, 0.25) is 0 Å². The third-order valence-electron chi connectivity index (χ3n) is 2.97. The first-order valence-corrected chi connectivity index (χ1v) is 4.74. The van der Waals surface area contributed by atoms with E-state index < -0.39 is 0 Å². The van der Waals surface area contributed by atoms with E-state index in [1.807, 2.05) is 6.92 Å². The normalized spacial score (nSPS) is 17.8. The van der Waals surface area contributed by atoms with Gasteiger partial charge in [-0.1, -0.05) is 24.3 Å². The van der Waals surface area contributed by atoms with E-state index in [4.69, 9.17) is 6.57 Å². The van der Waals surface area contributed by atoms with Crippen LogP contribution in [0.15, 0.2) is 24.3 Å². The molecule has 0 aromatic heterocycles. The van der Waals surface area contributed by atoms with Gasteiger partial charge in [0.15, 0.2) is 0 Å². The highest BCUT2D eigenvalue weighted by Gasteiger charge is 2.28. The van der Waals surface area contributed by atoms with Crippen LogP contribution in [0, 0.1) is 12.5 Å². The molecular formula is C12H13N. The van der Waals surface area contributed by atoms with E-state index >= 15 is 0 Å². The van der Waals surface area contributed by atoms with Crippen LogP contribution in [-0.2, 0) is 12.8 Å². The number of nitrogens with zero attached hydrogens (tertiary/aromatic N) is 1. The molecule has 1 aliphatic rings. The van der Waals surface area contributed by atoms with Crippen molar-refractivity contribution in [3.63, 3.8) is 0 Å². The molecule has 1 unspecified atom stereocenters. The Labute approximate surface area is 79.2 Å². The first-order valence-electron chi connectivity index (χ1n) is 4.74. The minimum Gasteiger partial charge on any atom is -0.314 e. The summed E-state index contributed by atoms with van der Waals surface area (Å²) in [5, 5.41) is 0. The zero-order valence-corrected chi connectivity index (χ0v) is 7.83. The standard InChI is InChI=1S/C12H13N/c1-9(13-2)12-7-10-5-3-4-6-11(10)8-12/h3-6,9,12H,7-8H2,1H3. The molecule has 1 heteroatoms. The monoisotopic (exact) mass is 171 g/mol.